The molecule has 1 aromatic heterocycles. The molecular weight excluding hydrogens is 443 g/mol. The van der Waals surface area contributed by atoms with Crippen LogP contribution in [0, 0.1) is 0 Å². The van der Waals surface area contributed by atoms with Gasteiger partial charge in [0.15, 0.2) is 5.13 Å². The minimum absolute atomic E-state index is 0.0428. The highest BCUT2D eigenvalue weighted by atomic mass is 35.6. The van der Waals surface area contributed by atoms with E-state index in [1.165, 1.54) is 41.8 Å². The van der Waals surface area contributed by atoms with Crippen molar-refractivity contribution in [2.24, 2.45) is 0 Å². The number of halogens is 3. The highest BCUT2D eigenvalue weighted by Gasteiger charge is 2.33. The van der Waals surface area contributed by atoms with Crippen molar-refractivity contribution in [2.45, 2.75) is 28.2 Å². The number of nitrogens with one attached hydrogen (secondary N) is 3. The lowest BCUT2D eigenvalue weighted by atomic mass is 10.3. The van der Waals surface area contributed by atoms with E-state index in [-0.39, 0.29) is 22.4 Å². The molecule has 2 rings (SSSR count). The number of thiazole rings is 1. The maximum absolute atomic E-state index is 12.3. The molecule has 1 heterocycles. The van der Waals surface area contributed by atoms with Crippen molar-refractivity contribution in [3.05, 3.63) is 35.8 Å². The number of carbonyl (C=O) groups is 1. The van der Waals surface area contributed by atoms with E-state index in [1.54, 1.807) is 12.3 Å². The van der Waals surface area contributed by atoms with E-state index >= 15 is 0 Å². The van der Waals surface area contributed by atoms with Crippen LogP contribution in [0.2, 0.25) is 0 Å². The SMILES string of the molecule is CCC(=O)N[C@@H](Nc1ccc(S(=O)(=O)Nc2nccs2)cc1)C(Cl)(Cl)Cl. The molecule has 0 aliphatic heterocycles. The van der Waals surface area contributed by atoms with Crippen LogP contribution in [-0.2, 0) is 14.8 Å². The number of alkyl halides is 3. The third kappa shape index (κ3) is 5.88. The minimum Gasteiger partial charge on any atom is -0.362 e. The minimum atomic E-state index is -3.76. The summed E-state index contributed by atoms with van der Waals surface area (Å²) in [6.07, 6.45) is 0.728. The second-order valence-corrected chi connectivity index (χ2v) is 9.95. The molecule has 1 atom stereocenters. The predicted octanol–water partition coefficient (Wildman–Crippen LogP) is 3.58. The zero-order valence-corrected chi connectivity index (χ0v) is 17.3. The van der Waals surface area contributed by atoms with Gasteiger partial charge >= 0.3 is 0 Å². The molecule has 0 saturated heterocycles. The number of carbonyl (C=O) groups excluding carboxylic acids is 1. The van der Waals surface area contributed by atoms with Crippen molar-refractivity contribution in [2.75, 3.05) is 10.0 Å². The maximum Gasteiger partial charge on any atom is 0.263 e. The van der Waals surface area contributed by atoms with Crippen molar-refractivity contribution < 1.29 is 13.2 Å². The summed E-state index contributed by atoms with van der Waals surface area (Å²) in [5.41, 5.74) is 0.464. The van der Waals surface area contributed by atoms with Gasteiger partial charge in [0, 0.05) is 23.7 Å². The average Bonchev–Trinajstić information content (AvgIpc) is 3.06. The standard InChI is InChI=1S/C14H15Cl3N4O3S2/c1-2-11(22)20-12(14(15,16)17)19-9-3-5-10(6-4-9)26(23,24)21-13-18-7-8-25-13/h3-8,12,19H,2H2,1H3,(H,18,21)(H,20,22)/t12-/m1/s1. The lowest BCUT2D eigenvalue weighted by molar-refractivity contribution is -0.121. The number of benzene rings is 1. The summed E-state index contributed by atoms with van der Waals surface area (Å²) in [4.78, 5) is 15.5. The Labute approximate surface area is 170 Å². The molecule has 1 amide bonds. The summed E-state index contributed by atoms with van der Waals surface area (Å²) in [6, 6.07) is 5.76. The van der Waals surface area contributed by atoms with E-state index in [0.717, 1.165) is 0 Å². The van der Waals surface area contributed by atoms with E-state index in [9.17, 15) is 13.2 Å². The first-order valence-corrected chi connectivity index (χ1v) is 10.8. The summed E-state index contributed by atoms with van der Waals surface area (Å²) in [5.74, 6) is -0.305. The average molecular weight is 458 g/mol. The Morgan fingerprint density at radius 3 is 2.42 bits per heavy atom. The zero-order chi connectivity index (χ0) is 19.4. The number of sulfonamides is 1. The Balaban J connectivity index is 2.13. The molecule has 0 aliphatic carbocycles. The summed E-state index contributed by atoms with van der Waals surface area (Å²) >= 11 is 18.8. The van der Waals surface area contributed by atoms with E-state index in [1.807, 2.05) is 0 Å². The number of hydrogen-bond acceptors (Lipinski definition) is 6. The number of hydrogen-bond donors (Lipinski definition) is 3. The highest BCUT2D eigenvalue weighted by molar-refractivity contribution is 7.93. The zero-order valence-electron chi connectivity index (χ0n) is 13.4. The van der Waals surface area contributed by atoms with Gasteiger partial charge in [0.2, 0.25) is 9.70 Å². The molecule has 2 aromatic rings. The van der Waals surface area contributed by atoms with Crippen molar-refractivity contribution >= 4 is 72.9 Å². The number of amides is 1. The molecule has 0 fully saturated rings. The first-order chi connectivity index (χ1) is 12.1. The summed E-state index contributed by atoms with van der Waals surface area (Å²) in [5, 5.41) is 7.33. The molecule has 1 aromatic carbocycles. The van der Waals surface area contributed by atoms with E-state index in [2.05, 4.69) is 20.3 Å². The van der Waals surface area contributed by atoms with Crippen LogP contribution in [0.5, 0.6) is 0 Å². The largest absolute Gasteiger partial charge is 0.362 e. The highest BCUT2D eigenvalue weighted by Crippen LogP contribution is 2.31. The molecule has 7 nitrogen and oxygen atoms in total. The smallest absolute Gasteiger partial charge is 0.263 e. The second-order valence-electron chi connectivity index (χ2n) is 5.01. The number of aromatic nitrogens is 1. The quantitative estimate of drug-likeness (QED) is 0.436. The van der Waals surface area contributed by atoms with Crippen LogP contribution >= 0.6 is 46.1 Å². The maximum atomic E-state index is 12.3. The first kappa shape index (κ1) is 21.0. The predicted molar refractivity (Wildman–Crippen MR) is 105 cm³/mol. The molecule has 3 N–H and O–H groups in total. The Morgan fingerprint density at radius 1 is 1.27 bits per heavy atom. The van der Waals surface area contributed by atoms with Gasteiger partial charge in [-0.2, -0.15) is 0 Å². The van der Waals surface area contributed by atoms with Gasteiger partial charge in [-0.05, 0) is 24.3 Å². The topological polar surface area (TPSA) is 100 Å². The van der Waals surface area contributed by atoms with E-state index < -0.39 is 20.0 Å². The van der Waals surface area contributed by atoms with Crippen LogP contribution in [-0.4, -0.2) is 29.3 Å². The van der Waals surface area contributed by atoms with Gasteiger partial charge in [0.25, 0.3) is 10.0 Å². The summed E-state index contributed by atoms with van der Waals surface area (Å²) < 4.78 is 25.2. The van der Waals surface area contributed by atoms with Crippen LogP contribution in [0.1, 0.15) is 13.3 Å². The number of nitrogens with zero attached hydrogens (tertiary/aromatic N) is 1. The molecular formula is C14H15Cl3N4O3S2. The van der Waals surface area contributed by atoms with Crippen LogP contribution in [0.4, 0.5) is 10.8 Å². The summed E-state index contributed by atoms with van der Waals surface area (Å²) in [6.45, 7) is 1.67. The van der Waals surface area contributed by atoms with Gasteiger partial charge in [-0.15, -0.1) is 11.3 Å². The van der Waals surface area contributed by atoms with Crippen LogP contribution in [0.25, 0.3) is 0 Å². The van der Waals surface area contributed by atoms with Gasteiger partial charge < -0.3 is 10.6 Å². The van der Waals surface area contributed by atoms with Gasteiger partial charge in [-0.1, -0.05) is 41.7 Å². The Hall–Kier alpha value is -1.26. The first-order valence-electron chi connectivity index (χ1n) is 7.27. The molecule has 0 unspecified atom stereocenters. The Kier molecular flexibility index (Phi) is 6.98. The summed E-state index contributed by atoms with van der Waals surface area (Å²) in [7, 11) is -3.76. The van der Waals surface area contributed by atoms with Crippen LogP contribution in [0.3, 0.4) is 0 Å². The van der Waals surface area contributed by atoms with Gasteiger partial charge in [0.05, 0.1) is 4.90 Å². The van der Waals surface area contributed by atoms with Gasteiger partial charge in [0.1, 0.15) is 6.17 Å². The Morgan fingerprint density at radius 2 is 1.92 bits per heavy atom. The van der Waals surface area contributed by atoms with Crippen LogP contribution in [0.15, 0.2) is 40.7 Å². The third-order valence-corrected chi connectivity index (χ3v) is 5.91. The molecule has 0 radical (unpaired) electrons. The molecule has 142 valence electrons. The van der Waals surface area contributed by atoms with Crippen molar-refractivity contribution in [1.82, 2.24) is 10.3 Å². The molecule has 12 heteroatoms. The lowest BCUT2D eigenvalue weighted by Crippen LogP contribution is -2.48. The fourth-order valence-electron chi connectivity index (χ4n) is 1.81. The van der Waals surface area contributed by atoms with Gasteiger partial charge in [-0.3, -0.25) is 9.52 Å². The number of anilines is 2. The van der Waals surface area contributed by atoms with Crippen molar-refractivity contribution in [1.29, 1.82) is 0 Å². The fraction of sp³-hybridized carbons (Fsp3) is 0.286. The molecule has 26 heavy (non-hydrogen) atoms. The van der Waals surface area contributed by atoms with E-state index in [4.69, 9.17) is 34.8 Å². The molecule has 0 spiro atoms. The van der Waals surface area contributed by atoms with Crippen molar-refractivity contribution in [3.63, 3.8) is 0 Å². The second kappa shape index (κ2) is 8.62. The molecule has 0 aliphatic rings. The lowest BCUT2D eigenvalue weighted by Gasteiger charge is -2.27. The van der Waals surface area contributed by atoms with Crippen molar-refractivity contribution in [3.8, 4) is 0 Å². The normalized spacial score (nSPS) is 13.1. The number of rotatable bonds is 7. The monoisotopic (exact) mass is 456 g/mol. The Bertz CT molecular complexity index is 837. The fourth-order valence-corrected chi connectivity index (χ4v) is 3.92. The van der Waals surface area contributed by atoms with Crippen LogP contribution < -0.4 is 15.4 Å². The van der Waals surface area contributed by atoms with Gasteiger partial charge in [-0.25, -0.2) is 13.4 Å². The molecule has 0 saturated carbocycles. The van der Waals surface area contributed by atoms with E-state index in [0.29, 0.717) is 5.69 Å². The molecule has 0 bridgehead atoms. The third-order valence-electron chi connectivity index (χ3n) is 3.08.